The van der Waals surface area contributed by atoms with Crippen molar-refractivity contribution in [3.8, 4) is 11.4 Å². The first-order valence-corrected chi connectivity index (χ1v) is 8.49. The number of rotatable bonds is 5. The van der Waals surface area contributed by atoms with Crippen LogP contribution in [-0.2, 0) is 9.53 Å². The molecule has 0 aromatic carbocycles. The van der Waals surface area contributed by atoms with E-state index in [0.717, 1.165) is 29.0 Å². The van der Waals surface area contributed by atoms with E-state index in [0.29, 0.717) is 19.7 Å². The summed E-state index contributed by atoms with van der Waals surface area (Å²) in [5.74, 6) is 0.859. The molecule has 1 fully saturated rings. The van der Waals surface area contributed by atoms with Gasteiger partial charge in [0, 0.05) is 25.9 Å². The van der Waals surface area contributed by atoms with Crippen molar-refractivity contribution in [3.05, 3.63) is 36.9 Å². The van der Waals surface area contributed by atoms with Gasteiger partial charge < -0.3 is 18.6 Å². The van der Waals surface area contributed by atoms with E-state index in [9.17, 15) is 4.79 Å². The predicted octanol–water partition coefficient (Wildman–Crippen LogP) is 2.50. The van der Waals surface area contributed by atoms with E-state index in [4.69, 9.17) is 14.1 Å². The summed E-state index contributed by atoms with van der Waals surface area (Å²) in [5, 5.41) is 0. The fourth-order valence-electron chi connectivity index (χ4n) is 3.33. The molecule has 0 N–H and O–H groups in total. The van der Waals surface area contributed by atoms with E-state index in [1.807, 2.05) is 30.0 Å². The lowest BCUT2D eigenvalue weighted by Crippen LogP contribution is -2.32. The maximum atomic E-state index is 12.2. The Hall–Kier alpha value is -2.67. The van der Waals surface area contributed by atoms with E-state index < -0.39 is 0 Å². The first kappa shape index (κ1) is 15.8. The summed E-state index contributed by atoms with van der Waals surface area (Å²) in [7, 11) is 0. The summed E-state index contributed by atoms with van der Waals surface area (Å²) in [6, 6.07) is 5.86. The standard InChI is InChI=1S/C18H20N4O3/c1-2-24-12-16(23)21-8-5-14(10-21)22-17(13-6-9-25-11-13)20-15-4-3-7-19-18(15)22/h3-4,6-7,9,11,14H,2,5,8,10,12H2,1H3/t14-/m0/s1. The van der Waals surface area contributed by atoms with Gasteiger partial charge in [0.2, 0.25) is 5.91 Å². The van der Waals surface area contributed by atoms with Gasteiger partial charge in [0.25, 0.3) is 0 Å². The van der Waals surface area contributed by atoms with E-state index in [-0.39, 0.29) is 18.6 Å². The molecule has 1 saturated heterocycles. The first-order chi connectivity index (χ1) is 12.3. The minimum absolute atomic E-state index is 0.0339. The number of ether oxygens (including phenoxy) is 1. The van der Waals surface area contributed by atoms with Gasteiger partial charge in [-0.2, -0.15) is 0 Å². The van der Waals surface area contributed by atoms with Crippen LogP contribution in [0.15, 0.2) is 41.3 Å². The normalized spacial score (nSPS) is 17.5. The summed E-state index contributed by atoms with van der Waals surface area (Å²) < 4.78 is 12.6. The number of hydrogen-bond donors (Lipinski definition) is 0. The van der Waals surface area contributed by atoms with Gasteiger partial charge in [0.1, 0.15) is 24.2 Å². The van der Waals surface area contributed by atoms with E-state index in [1.165, 1.54) is 0 Å². The number of carbonyl (C=O) groups is 1. The number of nitrogens with zero attached hydrogens (tertiary/aromatic N) is 4. The van der Waals surface area contributed by atoms with E-state index in [1.54, 1.807) is 18.7 Å². The van der Waals surface area contributed by atoms with Gasteiger partial charge in [0.05, 0.1) is 17.9 Å². The topological polar surface area (TPSA) is 73.4 Å². The fraction of sp³-hybridized carbons (Fsp3) is 0.389. The van der Waals surface area contributed by atoms with Crippen molar-refractivity contribution in [2.24, 2.45) is 0 Å². The number of aromatic nitrogens is 3. The molecule has 0 saturated carbocycles. The second-order valence-corrected chi connectivity index (χ2v) is 6.08. The largest absolute Gasteiger partial charge is 0.472 e. The van der Waals surface area contributed by atoms with Crippen LogP contribution in [0.4, 0.5) is 0 Å². The zero-order valence-corrected chi connectivity index (χ0v) is 14.1. The molecular formula is C18H20N4O3. The Bertz CT molecular complexity index is 872. The first-order valence-electron chi connectivity index (χ1n) is 8.49. The van der Waals surface area contributed by atoms with Gasteiger partial charge in [-0.15, -0.1) is 0 Å². The molecule has 1 atom stereocenters. The molecule has 0 radical (unpaired) electrons. The number of imidazole rings is 1. The highest BCUT2D eigenvalue weighted by Crippen LogP contribution is 2.32. The summed E-state index contributed by atoms with van der Waals surface area (Å²) in [5.41, 5.74) is 2.60. The third kappa shape index (κ3) is 2.91. The van der Waals surface area contributed by atoms with Crippen molar-refractivity contribution in [2.75, 3.05) is 26.3 Å². The Morgan fingerprint density at radius 2 is 2.36 bits per heavy atom. The van der Waals surface area contributed by atoms with Gasteiger partial charge in [-0.3, -0.25) is 4.79 Å². The van der Waals surface area contributed by atoms with Crippen molar-refractivity contribution in [3.63, 3.8) is 0 Å². The van der Waals surface area contributed by atoms with Crippen LogP contribution in [0.1, 0.15) is 19.4 Å². The smallest absolute Gasteiger partial charge is 0.248 e. The Morgan fingerprint density at radius 1 is 1.44 bits per heavy atom. The van der Waals surface area contributed by atoms with Crippen molar-refractivity contribution in [1.82, 2.24) is 19.4 Å². The molecule has 0 unspecified atom stereocenters. The third-order valence-corrected chi connectivity index (χ3v) is 4.54. The molecule has 4 rings (SSSR count). The molecular weight excluding hydrogens is 320 g/mol. The highest BCUT2D eigenvalue weighted by atomic mass is 16.5. The van der Waals surface area contributed by atoms with Crippen molar-refractivity contribution in [2.45, 2.75) is 19.4 Å². The van der Waals surface area contributed by atoms with E-state index >= 15 is 0 Å². The molecule has 7 heteroatoms. The zero-order chi connectivity index (χ0) is 17.2. The summed E-state index contributed by atoms with van der Waals surface area (Å²) >= 11 is 0. The van der Waals surface area contributed by atoms with Crippen LogP contribution in [0.5, 0.6) is 0 Å². The molecule has 4 heterocycles. The number of pyridine rings is 1. The molecule has 1 aliphatic heterocycles. The molecule has 0 aliphatic carbocycles. The van der Waals surface area contributed by atoms with Gasteiger partial charge >= 0.3 is 0 Å². The van der Waals surface area contributed by atoms with Crippen LogP contribution in [0.25, 0.3) is 22.6 Å². The third-order valence-electron chi connectivity index (χ3n) is 4.54. The Balaban J connectivity index is 1.67. The fourth-order valence-corrected chi connectivity index (χ4v) is 3.33. The molecule has 0 bridgehead atoms. The molecule has 0 spiro atoms. The molecule has 130 valence electrons. The minimum Gasteiger partial charge on any atom is -0.472 e. The number of likely N-dealkylation sites (tertiary alicyclic amines) is 1. The average molecular weight is 340 g/mol. The van der Waals surface area contributed by atoms with Gasteiger partial charge in [-0.1, -0.05) is 0 Å². The molecule has 1 amide bonds. The molecule has 1 aliphatic rings. The molecule has 3 aromatic heterocycles. The van der Waals surface area contributed by atoms with Crippen LogP contribution in [-0.4, -0.2) is 51.6 Å². The maximum absolute atomic E-state index is 12.2. The second kappa shape index (κ2) is 6.68. The second-order valence-electron chi connectivity index (χ2n) is 6.08. The minimum atomic E-state index is 0.0339. The molecule has 7 nitrogen and oxygen atoms in total. The van der Waals surface area contributed by atoms with Crippen LogP contribution in [0.2, 0.25) is 0 Å². The number of fused-ring (bicyclic) bond motifs is 1. The van der Waals surface area contributed by atoms with Gasteiger partial charge in [0.15, 0.2) is 5.65 Å². The van der Waals surface area contributed by atoms with Crippen molar-refractivity contribution >= 4 is 17.1 Å². The summed E-state index contributed by atoms with van der Waals surface area (Å²) in [6.45, 7) is 3.93. The van der Waals surface area contributed by atoms with Crippen LogP contribution in [0, 0.1) is 0 Å². The summed E-state index contributed by atoms with van der Waals surface area (Å²) in [4.78, 5) is 23.3. The van der Waals surface area contributed by atoms with Crippen LogP contribution < -0.4 is 0 Å². The number of carbonyl (C=O) groups excluding carboxylic acids is 1. The lowest BCUT2D eigenvalue weighted by molar-refractivity contribution is -0.135. The highest BCUT2D eigenvalue weighted by Gasteiger charge is 2.30. The lowest BCUT2D eigenvalue weighted by Gasteiger charge is -2.18. The Kier molecular flexibility index (Phi) is 4.23. The Morgan fingerprint density at radius 3 is 3.16 bits per heavy atom. The predicted molar refractivity (Wildman–Crippen MR) is 92.0 cm³/mol. The lowest BCUT2D eigenvalue weighted by atomic mass is 10.2. The average Bonchev–Trinajstić information content (AvgIpc) is 3.37. The summed E-state index contributed by atoms with van der Waals surface area (Å²) in [6.07, 6.45) is 5.96. The monoisotopic (exact) mass is 340 g/mol. The SMILES string of the molecule is CCOCC(=O)N1CC[C@H](n2c(-c3ccoc3)nc3cccnc32)C1. The molecule has 3 aromatic rings. The van der Waals surface area contributed by atoms with Crippen LogP contribution in [0.3, 0.4) is 0 Å². The van der Waals surface area contributed by atoms with Gasteiger partial charge in [-0.25, -0.2) is 9.97 Å². The number of furan rings is 1. The number of hydrogen-bond acceptors (Lipinski definition) is 5. The Labute approximate surface area is 145 Å². The highest BCUT2D eigenvalue weighted by molar-refractivity contribution is 5.79. The van der Waals surface area contributed by atoms with Gasteiger partial charge in [-0.05, 0) is 31.5 Å². The van der Waals surface area contributed by atoms with Crippen LogP contribution >= 0.6 is 0 Å². The van der Waals surface area contributed by atoms with Crippen molar-refractivity contribution in [1.29, 1.82) is 0 Å². The van der Waals surface area contributed by atoms with Crippen molar-refractivity contribution < 1.29 is 13.9 Å². The maximum Gasteiger partial charge on any atom is 0.248 e. The quantitative estimate of drug-likeness (QED) is 0.713. The number of amides is 1. The zero-order valence-electron chi connectivity index (χ0n) is 14.1. The molecule has 25 heavy (non-hydrogen) atoms. The van der Waals surface area contributed by atoms with E-state index in [2.05, 4.69) is 9.55 Å².